The Kier molecular flexibility index (Phi) is 7.24. The molecular formula is C59H41N. The first-order chi connectivity index (χ1) is 29.7. The lowest BCUT2D eigenvalue weighted by Crippen LogP contribution is -2.27. The van der Waals surface area contributed by atoms with Crippen LogP contribution in [-0.2, 0) is 0 Å². The third-order valence-corrected chi connectivity index (χ3v) is 14.1. The van der Waals surface area contributed by atoms with Gasteiger partial charge >= 0.3 is 0 Å². The molecule has 0 radical (unpaired) electrons. The third-order valence-electron chi connectivity index (χ3n) is 14.1. The van der Waals surface area contributed by atoms with E-state index in [1.807, 2.05) is 0 Å². The van der Waals surface area contributed by atoms with Crippen LogP contribution in [-0.4, -0.2) is 0 Å². The number of hydrogen-bond donors (Lipinski definition) is 0. The Bertz CT molecular complexity index is 2880. The maximum Gasteiger partial charge on any atom is 0.0462 e. The summed E-state index contributed by atoms with van der Waals surface area (Å²) in [7, 11) is 0. The SMILES string of the molecule is Cc1ccc(N(c2ccc(-c3ccc4c(c3)C3c5ccccc5C4c4ccccc43)cc2)c2ccc(-c3ccc4c(c3)C3c5ccccc5C4c4ccccc43)cc2)cc1. The molecule has 0 saturated carbocycles. The fourth-order valence-corrected chi connectivity index (χ4v) is 11.4. The van der Waals surface area contributed by atoms with Crippen molar-refractivity contribution in [2.24, 2.45) is 0 Å². The summed E-state index contributed by atoms with van der Waals surface area (Å²) in [5.74, 6) is 1.12. The highest BCUT2D eigenvalue weighted by molar-refractivity contribution is 5.81. The van der Waals surface area contributed by atoms with Crippen LogP contribution in [0.5, 0.6) is 0 Å². The molecule has 282 valence electrons. The van der Waals surface area contributed by atoms with Crippen LogP contribution < -0.4 is 4.90 Å². The van der Waals surface area contributed by atoms with E-state index in [0.717, 1.165) is 17.1 Å². The van der Waals surface area contributed by atoms with Gasteiger partial charge in [-0.1, -0.05) is 163 Å². The topological polar surface area (TPSA) is 3.24 Å². The van der Waals surface area contributed by atoms with Gasteiger partial charge in [-0.3, -0.25) is 0 Å². The van der Waals surface area contributed by atoms with Crippen LogP contribution in [0.4, 0.5) is 17.1 Å². The van der Waals surface area contributed by atoms with E-state index in [0.29, 0.717) is 11.8 Å². The van der Waals surface area contributed by atoms with Crippen molar-refractivity contribution in [1.82, 2.24) is 0 Å². The normalized spacial score (nSPS) is 18.1. The lowest BCUT2D eigenvalue weighted by molar-refractivity contribution is 0.755. The average molecular weight is 764 g/mol. The molecule has 0 N–H and O–H groups in total. The van der Waals surface area contributed by atoms with Crippen molar-refractivity contribution in [2.45, 2.75) is 30.6 Å². The Morgan fingerprint density at radius 1 is 0.250 bits per heavy atom. The van der Waals surface area contributed by atoms with Gasteiger partial charge in [-0.05, 0) is 144 Å². The third kappa shape index (κ3) is 4.87. The quantitative estimate of drug-likeness (QED) is 0.169. The van der Waals surface area contributed by atoms with Crippen LogP contribution in [0.25, 0.3) is 22.3 Å². The Labute approximate surface area is 351 Å². The van der Waals surface area contributed by atoms with Gasteiger partial charge in [-0.15, -0.1) is 0 Å². The minimum Gasteiger partial charge on any atom is -0.311 e. The van der Waals surface area contributed by atoms with Crippen LogP contribution in [0.2, 0.25) is 0 Å². The summed E-state index contributed by atoms with van der Waals surface area (Å²) in [5, 5.41) is 0. The van der Waals surface area contributed by atoms with E-state index in [4.69, 9.17) is 0 Å². The van der Waals surface area contributed by atoms with E-state index in [1.165, 1.54) is 94.6 Å². The number of aryl methyl sites for hydroxylation is 1. The summed E-state index contributed by atoms with van der Waals surface area (Å²) in [4.78, 5) is 2.38. The standard InChI is InChI=1S/C59H41N/c1-36-18-26-41(27-19-36)60(42-28-20-37(21-29-42)39-24-32-52-54(34-39)58-48-14-6-2-10-44(48)56(52)45-11-3-7-15-49(45)58)43-30-22-38(23-31-43)40-25-33-53-55(35-40)59-50-16-8-4-12-46(50)57(53)47-13-5-9-17-51(47)59/h2-35,56-59H,1H3. The minimum atomic E-state index is 0.265. The Balaban J connectivity index is 0.840. The molecule has 0 spiro atoms. The van der Waals surface area contributed by atoms with Crippen molar-refractivity contribution in [3.8, 4) is 22.3 Å². The molecule has 0 heterocycles. The summed E-state index contributed by atoms with van der Waals surface area (Å²) in [6.07, 6.45) is 0. The molecule has 0 aromatic heterocycles. The first kappa shape index (κ1) is 33.7. The largest absolute Gasteiger partial charge is 0.311 e. The van der Waals surface area contributed by atoms with Crippen LogP contribution in [0.1, 0.15) is 96.0 Å². The van der Waals surface area contributed by atoms with Gasteiger partial charge in [0.05, 0.1) is 0 Å². The van der Waals surface area contributed by atoms with E-state index in [2.05, 4.69) is 218 Å². The molecule has 60 heavy (non-hydrogen) atoms. The zero-order chi connectivity index (χ0) is 39.5. The molecule has 0 atom stereocenters. The van der Waals surface area contributed by atoms with Gasteiger partial charge in [-0.2, -0.15) is 0 Å². The summed E-state index contributed by atoms with van der Waals surface area (Å²) in [6, 6.07) is 77.9. The van der Waals surface area contributed by atoms with Gasteiger partial charge in [0.25, 0.3) is 0 Å². The smallest absolute Gasteiger partial charge is 0.0462 e. The highest BCUT2D eigenvalue weighted by Crippen LogP contribution is 2.57. The molecule has 0 amide bonds. The first-order valence-corrected chi connectivity index (χ1v) is 21.4. The Morgan fingerprint density at radius 2 is 0.500 bits per heavy atom. The highest BCUT2D eigenvalue weighted by Gasteiger charge is 2.42. The van der Waals surface area contributed by atoms with E-state index in [-0.39, 0.29) is 11.8 Å². The van der Waals surface area contributed by atoms with Crippen molar-refractivity contribution in [2.75, 3.05) is 4.90 Å². The molecule has 4 bridgehead atoms. The molecule has 0 unspecified atom stereocenters. The van der Waals surface area contributed by atoms with E-state index in [9.17, 15) is 0 Å². The molecular weight excluding hydrogens is 723 g/mol. The summed E-state index contributed by atoms with van der Waals surface area (Å²) in [6.45, 7) is 2.15. The second kappa shape index (κ2) is 12.9. The maximum absolute atomic E-state index is 2.47. The number of nitrogens with zero attached hydrogens (tertiary/aromatic N) is 1. The molecule has 9 aromatic carbocycles. The lowest BCUT2D eigenvalue weighted by Gasteiger charge is -2.42. The molecule has 1 nitrogen and oxygen atoms in total. The van der Waals surface area contributed by atoms with Gasteiger partial charge in [-0.25, -0.2) is 0 Å². The monoisotopic (exact) mass is 763 g/mol. The van der Waals surface area contributed by atoms with Crippen LogP contribution in [0, 0.1) is 6.92 Å². The van der Waals surface area contributed by atoms with Gasteiger partial charge < -0.3 is 4.90 Å². The fraction of sp³-hybridized carbons (Fsp3) is 0.0847. The van der Waals surface area contributed by atoms with Crippen molar-refractivity contribution in [3.63, 3.8) is 0 Å². The summed E-state index contributed by atoms with van der Waals surface area (Å²) in [5.41, 5.74) is 27.1. The fourth-order valence-electron chi connectivity index (χ4n) is 11.4. The zero-order valence-electron chi connectivity index (χ0n) is 33.4. The average Bonchev–Trinajstić information content (AvgIpc) is 3.32. The van der Waals surface area contributed by atoms with Gasteiger partial charge in [0.1, 0.15) is 0 Å². The molecule has 6 aliphatic rings. The summed E-state index contributed by atoms with van der Waals surface area (Å²) >= 11 is 0. The van der Waals surface area contributed by atoms with Crippen LogP contribution in [0.3, 0.4) is 0 Å². The predicted octanol–water partition coefficient (Wildman–Crippen LogP) is 14.8. The molecule has 9 aromatic rings. The van der Waals surface area contributed by atoms with Crippen molar-refractivity contribution in [1.29, 1.82) is 0 Å². The number of benzene rings is 9. The highest BCUT2D eigenvalue weighted by atomic mass is 15.1. The van der Waals surface area contributed by atoms with E-state index in [1.54, 1.807) is 0 Å². The summed E-state index contributed by atoms with van der Waals surface area (Å²) < 4.78 is 0. The van der Waals surface area contributed by atoms with Gasteiger partial charge in [0, 0.05) is 40.7 Å². The van der Waals surface area contributed by atoms with Gasteiger partial charge in [0.2, 0.25) is 0 Å². The number of hydrogen-bond acceptors (Lipinski definition) is 1. The predicted molar refractivity (Wildman–Crippen MR) is 246 cm³/mol. The van der Waals surface area contributed by atoms with Crippen molar-refractivity contribution in [3.05, 3.63) is 279 Å². The van der Waals surface area contributed by atoms with Gasteiger partial charge in [0.15, 0.2) is 0 Å². The second-order valence-corrected chi connectivity index (χ2v) is 17.2. The Hall–Kier alpha value is -7.22. The molecule has 0 fully saturated rings. The Morgan fingerprint density at radius 3 is 0.817 bits per heavy atom. The lowest BCUT2D eigenvalue weighted by atomic mass is 9.61. The van der Waals surface area contributed by atoms with E-state index >= 15 is 0 Å². The first-order valence-electron chi connectivity index (χ1n) is 21.4. The maximum atomic E-state index is 2.47. The second-order valence-electron chi connectivity index (χ2n) is 17.2. The minimum absolute atomic E-state index is 0.265. The zero-order valence-corrected chi connectivity index (χ0v) is 33.4. The molecule has 6 aliphatic carbocycles. The molecule has 1 heteroatoms. The van der Waals surface area contributed by atoms with Crippen LogP contribution in [0.15, 0.2) is 206 Å². The molecule has 0 aliphatic heterocycles. The van der Waals surface area contributed by atoms with E-state index < -0.39 is 0 Å². The van der Waals surface area contributed by atoms with Crippen molar-refractivity contribution >= 4 is 17.1 Å². The number of rotatable bonds is 5. The van der Waals surface area contributed by atoms with Crippen LogP contribution >= 0.6 is 0 Å². The molecule has 15 rings (SSSR count). The number of anilines is 3. The van der Waals surface area contributed by atoms with Crippen molar-refractivity contribution < 1.29 is 0 Å². The molecule has 0 saturated heterocycles.